The SMILES string of the molecule is CC(C)CCS(=O)(=O)Nc1ccnn1-c1ccc(N)cc1. The summed E-state index contributed by atoms with van der Waals surface area (Å²) in [6, 6.07) is 8.69. The summed E-state index contributed by atoms with van der Waals surface area (Å²) in [6.07, 6.45) is 2.17. The second kappa shape index (κ2) is 6.17. The van der Waals surface area contributed by atoms with Gasteiger partial charge in [0.15, 0.2) is 0 Å². The minimum Gasteiger partial charge on any atom is -0.399 e. The Hall–Kier alpha value is -2.02. The van der Waals surface area contributed by atoms with Crippen molar-refractivity contribution < 1.29 is 8.42 Å². The van der Waals surface area contributed by atoms with Crippen LogP contribution in [0.5, 0.6) is 0 Å². The topological polar surface area (TPSA) is 90.0 Å². The van der Waals surface area contributed by atoms with Gasteiger partial charge in [0.25, 0.3) is 0 Å². The predicted molar refractivity (Wildman–Crippen MR) is 84.8 cm³/mol. The summed E-state index contributed by atoms with van der Waals surface area (Å²) in [5.41, 5.74) is 7.04. The van der Waals surface area contributed by atoms with Crippen molar-refractivity contribution in [3.05, 3.63) is 36.5 Å². The first-order valence-electron chi connectivity index (χ1n) is 6.78. The lowest BCUT2D eigenvalue weighted by Crippen LogP contribution is -2.19. The summed E-state index contributed by atoms with van der Waals surface area (Å²) in [7, 11) is -3.37. The Morgan fingerprint density at radius 3 is 2.52 bits per heavy atom. The fourth-order valence-corrected chi connectivity index (χ4v) is 3.16. The third-order valence-corrected chi connectivity index (χ3v) is 4.30. The zero-order chi connectivity index (χ0) is 15.5. The van der Waals surface area contributed by atoms with Crippen LogP contribution in [0.1, 0.15) is 20.3 Å². The van der Waals surface area contributed by atoms with E-state index in [0.29, 0.717) is 23.8 Å². The molecule has 0 spiro atoms. The normalized spacial score (nSPS) is 11.8. The fourth-order valence-electron chi connectivity index (χ4n) is 1.80. The Labute approximate surface area is 125 Å². The molecule has 0 saturated heterocycles. The molecular formula is C14H20N4O2S. The van der Waals surface area contributed by atoms with Gasteiger partial charge in [-0.25, -0.2) is 13.1 Å². The molecule has 0 unspecified atom stereocenters. The number of anilines is 2. The quantitative estimate of drug-likeness (QED) is 0.801. The van der Waals surface area contributed by atoms with Crippen LogP contribution in [0.4, 0.5) is 11.5 Å². The predicted octanol–water partition coefficient (Wildman–Crippen LogP) is 2.24. The smallest absolute Gasteiger partial charge is 0.233 e. The van der Waals surface area contributed by atoms with Gasteiger partial charge in [-0.3, -0.25) is 4.72 Å². The molecule has 0 aliphatic heterocycles. The summed E-state index contributed by atoms with van der Waals surface area (Å²) in [5.74, 6) is 0.851. The van der Waals surface area contributed by atoms with Crippen LogP contribution >= 0.6 is 0 Å². The zero-order valence-electron chi connectivity index (χ0n) is 12.2. The van der Waals surface area contributed by atoms with Crippen molar-refractivity contribution in [1.29, 1.82) is 0 Å². The van der Waals surface area contributed by atoms with Crippen LogP contribution in [-0.4, -0.2) is 24.0 Å². The first-order valence-corrected chi connectivity index (χ1v) is 8.43. The zero-order valence-corrected chi connectivity index (χ0v) is 13.0. The monoisotopic (exact) mass is 308 g/mol. The van der Waals surface area contributed by atoms with Gasteiger partial charge in [0.1, 0.15) is 5.82 Å². The number of hydrogen-bond donors (Lipinski definition) is 2. The summed E-state index contributed by atoms with van der Waals surface area (Å²) in [4.78, 5) is 0. The standard InChI is InChI=1S/C14H20N4O2S/c1-11(2)8-10-21(19,20)17-14-7-9-16-18(14)13-5-3-12(15)4-6-13/h3-7,9,11,17H,8,10,15H2,1-2H3. The number of sulfonamides is 1. The van der Waals surface area contributed by atoms with Gasteiger partial charge >= 0.3 is 0 Å². The van der Waals surface area contributed by atoms with Crippen molar-refractivity contribution in [2.75, 3.05) is 16.2 Å². The highest BCUT2D eigenvalue weighted by Crippen LogP contribution is 2.17. The minimum atomic E-state index is -3.37. The van der Waals surface area contributed by atoms with Crippen LogP contribution in [-0.2, 0) is 10.0 Å². The average molecular weight is 308 g/mol. The highest BCUT2D eigenvalue weighted by Gasteiger charge is 2.14. The number of nitrogens with zero attached hydrogens (tertiary/aromatic N) is 2. The molecular weight excluding hydrogens is 288 g/mol. The van der Waals surface area contributed by atoms with E-state index in [1.165, 1.54) is 4.68 Å². The van der Waals surface area contributed by atoms with Crippen LogP contribution in [0.25, 0.3) is 5.69 Å². The first-order chi connectivity index (χ1) is 9.87. The molecule has 0 atom stereocenters. The molecule has 0 aliphatic carbocycles. The molecule has 6 nitrogen and oxygen atoms in total. The molecule has 1 heterocycles. The molecule has 0 aliphatic rings. The second-order valence-corrected chi connectivity index (χ2v) is 7.17. The highest BCUT2D eigenvalue weighted by atomic mass is 32.2. The molecule has 0 radical (unpaired) electrons. The number of benzene rings is 1. The van der Waals surface area contributed by atoms with E-state index in [4.69, 9.17) is 5.73 Å². The Morgan fingerprint density at radius 1 is 1.24 bits per heavy atom. The molecule has 0 bridgehead atoms. The third-order valence-electron chi connectivity index (χ3n) is 3.00. The maximum absolute atomic E-state index is 12.1. The van der Waals surface area contributed by atoms with Crippen molar-refractivity contribution in [3.63, 3.8) is 0 Å². The molecule has 21 heavy (non-hydrogen) atoms. The number of rotatable bonds is 6. The van der Waals surface area contributed by atoms with E-state index in [9.17, 15) is 8.42 Å². The van der Waals surface area contributed by atoms with Gasteiger partial charge in [-0.2, -0.15) is 5.10 Å². The van der Waals surface area contributed by atoms with Gasteiger partial charge in [-0.05, 0) is 36.6 Å². The number of aromatic nitrogens is 2. The first kappa shape index (κ1) is 15.4. The maximum atomic E-state index is 12.1. The third kappa shape index (κ3) is 4.22. The van der Waals surface area contributed by atoms with E-state index >= 15 is 0 Å². The Bertz CT molecular complexity index is 690. The average Bonchev–Trinajstić information content (AvgIpc) is 2.85. The van der Waals surface area contributed by atoms with Crippen LogP contribution in [0, 0.1) is 5.92 Å². The van der Waals surface area contributed by atoms with Crippen molar-refractivity contribution >= 4 is 21.5 Å². The molecule has 7 heteroatoms. The van der Waals surface area contributed by atoms with Gasteiger partial charge in [0.05, 0.1) is 17.6 Å². The summed E-state index contributed by atoms with van der Waals surface area (Å²) >= 11 is 0. The summed E-state index contributed by atoms with van der Waals surface area (Å²) in [6.45, 7) is 3.99. The van der Waals surface area contributed by atoms with Crippen molar-refractivity contribution in [2.24, 2.45) is 5.92 Å². The number of hydrogen-bond acceptors (Lipinski definition) is 4. The van der Waals surface area contributed by atoms with Crippen molar-refractivity contribution in [3.8, 4) is 5.69 Å². The van der Waals surface area contributed by atoms with E-state index in [0.717, 1.165) is 5.69 Å². The van der Waals surface area contributed by atoms with E-state index in [-0.39, 0.29) is 5.75 Å². The molecule has 0 fully saturated rings. The Morgan fingerprint density at radius 2 is 1.90 bits per heavy atom. The number of nitrogens with two attached hydrogens (primary N) is 1. The van der Waals surface area contributed by atoms with E-state index < -0.39 is 10.0 Å². The highest BCUT2D eigenvalue weighted by molar-refractivity contribution is 7.92. The minimum absolute atomic E-state index is 0.0948. The molecule has 2 aromatic rings. The van der Waals surface area contributed by atoms with Crippen LogP contribution in [0.15, 0.2) is 36.5 Å². The fraction of sp³-hybridized carbons (Fsp3) is 0.357. The lowest BCUT2D eigenvalue weighted by atomic mass is 10.2. The molecule has 0 saturated carbocycles. The van der Waals surface area contributed by atoms with Crippen LogP contribution in [0.2, 0.25) is 0 Å². The largest absolute Gasteiger partial charge is 0.399 e. The van der Waals surface area contributed by atoms with E-state index in [1.807, 2.05) is 13.8 Å². The van der Waals surface area contributed by atoms with Gasteiger partial charge in [-0.15, -0.1) is 0 Å². The van der Waals surface area contributed by atoms with Crippen molar-refractivity contribution in [2.45, 2.75) is 20.3 Å². The molecule has 1 aromatic heterocycles. The maximum Gasteiger partial charge on any atom is 0.233 e. The van der Waals surface area contributed by atoms with Crippen LogP contribution < -0.4 is 10.5 Å². The van der Waals surface area contributed by atoms with Crippen molar-refractivity contribution in [1.82, 2.24) is 9.78 Å². The van der Waals surface area contributed by atoms with Gasteiger partial charge in [-0.1, -0.05) is 13.8 Å². The van der Waals surface area contributed by atoms with Gasteiger partial charge in [0.2, 0.25) is 10.0 Å². The van der Waals surface area contributed by atoms with E-state index in [2.05, 4.69) is 9.82 Å². The molecule has 3 N–H and O–H groups in total. The molecule has 114 valence electrons. The number of nitrogens with one attached hydrogen (secondary N) is 1. The van der Waals surface area contributed by atoms with E-state index in [1.54, 1.807) is 36.5 Å². The Balaban J connectivity index is 2.19. The molecule has 2 rings (SSSR count). The molecule has 0 amide bonds. The number of nitrogen functional groups attached to an aromatic ring is 1. The molecule has 1 aromatic carbocycles. The van der Waals surface area contributed by atoms with Gasteiger partial charge < -0.3 is 5.73 Å². The van der Waals surface area contributed by atoms with Crippen LogP contribution in [0.3, 0.4) is 0 Å². The summed E-state index contributed by atoms with van der Waals surface area (Å²) < 4.78 is 28.2. The van der Waals surface area contributed by atoms with Gasteiger partial charge in [0, 0.05) is 11.8 Å². The second-order valence-electron chi connectivity index (χ2n) is 5.32. The lowest BCUT2D eigenvalue weighted by Gasteiger charge is -2.11. The Kier molecular flexibility index (Phi) is 4.52. The summed E-state index contributed by atoms with van der Waals surface area (Å²) in [5, 5.41) is 4.14. The lowest BCUT2D eigenvalue weighted by molar-refractivity contribution is 0.577.